The molecular weight excluding hydrogens is 460 g/mol. The Hall–Kier alpha value is -0.840. The van der Waals surface area contributed by atoms with Gasteiger partial charge in [0, 0.05) is 0 Å². The zero-order chi connectivity index (χ0) is 13.0. The van der Waals surface area contributed by atoms with Crippen molar-refractivity contribution in [3.8, 4) is 0 Å². The van der Waals surface area contributed by atoms with Gasteiger partial charge in [-0.05, 0) is 56.0 Å². The zero-order valence-electron chi connectivity index (χ0n) is 9.01. The summed E-state index contributed by atoms with van der Waals surface area (Å²) < 4.78 is 6.46. The van der Waals surface area contributed by atoms with Crippen molar-refractivity contribution in [2.24, 2.45) is 0 Å². The molecule has 1 heterocycles. The topological polar surface area (TPSA) is 65.0 Å². The maximum atomic E-state index is 11.8. The molecule has 0 bridgehead atoms. The first-order chi connectivity index (χ1) is 8.68. The number of aromatic nitrogens is 3. The Morgan fingerprint density at radius 3 is 2.61 bits per heavy atom. The van der Waals surface area contributed by atoms with Crippen LogP contribution in [0.25, 0.3) is 0 Å². The second kappa shape index (κ2) is 6.36. The third kappa shape index (κ3) is 3.34. The first kappa shape index (κ1) is 13.6. The van der Waals surface area contributed by atoms with Gasteiger partial charge in [-0.2, -0.15) is 0 Å². The standard InChI is InChI=1S/C11H7I2N3O2/c12-8-9(14-16-15-10(8)13)11(17)18-6-7-4-2-1-3-5-7/h1-5H,6H2. The number of hydrogen-bond acceptors (Lipinski definition) is 5. The Morgan fingerprint density at radius 2 is 1.89 bits per heavy atom. The minimum atomic E-state index is -0.490. The largest absolute Gasteiger partial charge is 0.456 e. The van der Waals surface area contributed by atoms with Crippen LogP contribution in [-0.4, -0.2) is 21.4 Å². The monoisotopic (exact) mass is 467 g/mol. The molecule has 7 heteroatoms. The fraction of sp³-hybridized carbons (Fsp3) is 0.0909. The van der Waals surface area contributed by atoms with Crippen molar-refractivity contribution in [1.82, 2.24) is 15.4 Å². The van der Waals surface area contributed by atoms with Gasteiger partial charge in [-0.3, -0.25) is 0 Å². The zero-order valence-corrected chi connectivity index (χ0v) is 13.3. The maximum Gasteiger partial charge on any atom is 0.360 e. The first-order valence-corrected chi connectivity index (χ1v) is 7.09. The van der Waals surface area contributed by atoms with Crippen molar-refractivity contribution in [2.45, 2.75) is 6.61 Å². The molecule has 0 aliphatic heterocycles. The van der Waals surface area contributed by atoms with Crippen molar-refractivity contribution < 1.29 is 9.53 Å². The Kier molecular flexibility index (Phi) is 4.80. The van der Waals surface area contributed by atoms with Gasteiger partial charge in [0.15, 0.2) is 5.69 Å². The molecule has 2 aromatic rings. The van der Waals surface area contributed by atoms with Gasteiger partial charge in [0.2, 0.25) is 0 Å². The summed E-state index contributed by atoms with van der Waals surface area (Å²) in [5, 5.41) is 11.0. The van der Waals surface area contributed by atoms with Crippen LogP contribution >= 0.6 is 45.2 Å². The molecule has 0 N–H and O–H groups in total. The molecule has 0 aliphatic rings. The summed E-state index contributed by atoms with van der Waals surface area (Å²) in [4.78, 5) is 11.8. The highest BCUT2D eigenvalue weighted by Crippen LogP contribution is 2.15. The minimum Gasteiger partial charge on any atom is -0.456 e. The van der Waals surface area contributed by atoms with E-state index in [1.54, 1.807) is 0 Å². The summed E-state index contributed by atoms with van der Waals surface area (Å²) in [6.07, 6.45) is 0. The van der Waals surface area contributed by atoms with Crippen LogP contribution in [0.1, 0.15) is 16.1 Å². The summed E-state index contributed by atoms with van der Waals surface area (Å²) in [5.74, 6) is -0.490. The summed E-state index contributed by atoms with van der Waals surface area (Å²) in [7, 11) is 0. The Labute approximate surface area is 131 Å². The van der Waals surface area contributed by atoms with Crippen molar-refractivity contribution in [1.29, 1.82) is 0 Å². The van der Waals surface area contributed by atoms with E-state index >= 15 is 0 Å². The van der Waals surface area contributed by atoms with E-state index in [-0.39, 0.29) is 12.3 Å². The number of carbonyl (C=O) groups is 1. The van der Waals surface area contributed by atoms with Crippen LogP contribution in [0.4, 0.5) is 0 Å². The van der Waals surface area contributed by atoms with Gasteiger partial charge in [0.1, 0.15) is 10.3 Å². The third-order valence-electron chi connectivity index (χ3n) is 2.07. The molecule has 2 rings (SSSR count). The van der Waals surface area contributed by atoms with Gasteiger partial charge in [-0.25, -0.2) is 4.79 Å². The number of ether oxygens (including phenoxy) is 1. The van der Waals surface area contributed by atoms with E-state index in [1.807, 2.05) is 75.5 Å². The third-order valence-corrected chi connectivity index (χ3v) is 4.88. The van der Waals surface area contributed by atoms with Crippen molar-refractivity contribution in [2.75, 3.05) is 0 Å². The molecule has 92 valence electrons. The average molecular weight is 467 g/mol. The Balaban J connectivity index is 2.07. The number of rotatable bonds is 3. The van der Waals surface area contributed by atoms with Crippen LogP contribution in [0.15, 0.2) is 30.3 Å². The molecule has 0 atom stereocenters. The highest BCUT2D eigenvalue weighted by molar-refractivity contribution is 14.1. The van der Waals surface area contributed by atoms with Gasteiger partial charge < -0.3 is 4.74 Å². The maximum absolute atomic E-state index is 11.8. The second-order valence-corrected chi connectivity index (χ2v) is 5.41. The quantitative estimate of drug-likeness (QED) is 0.513. The molecule has 0 amide bonds. The average Bonchev–Trinajstić information content (AvgIpc) is 2.40. The second-order valence-electron chi connectivity index (χ2n) is 3.30. The SMILES string of the molecule is O=C(OCc1ccccc1)c1nnnc(I)c1I. The van der Waals surface area contributed by atoms with Gasteiger partial charge in [-0.1, -0.05) is 30.3 Å². The molecule has 0 saturated carbocycles. The molecule has 1 aromatic heterocycles. The predicted octanol–water partition coefficient (Wildman–Crippen LogP) is 2.44. The molecule has 5 nitrogen and oxygen atoms in total. The van der Waals surface area contributed by atoms with Crippen LogP contribution in [0.2, 0.25) is 0 Å². The van der Waals surface area contributed by atoms with Gasteiger partial charge in [0.05, 0.1) is 3.57 Å². The van der Waals surface area contributed by atoms with Crippen LogP contribution in [0.3, 0.4) is 0 Å². The number of hydrogen-bond donors (Lipinski definition) is 0. The lowest BCUT2D eigenvalue weighted by Crippen LogP contribution is -2.13. The van der Waals surface area contributed by atoms with Gasteiger partial charge in [-0.15, -0.1) is 10.2 Å². The molecule has 0 aliphatic carbocycles. The molecule has 0 spiro atoms. The van der Waals surface area contributed by atoms with Gasteiger partial charge >= 0.3 is 5.97 Å². The van der Waals surface area contributed by atoms with Crippen LogP contribution in [0.5, 0.6) is 0 Å². The van der Waals surface area contributed by atoms with Crippen molar-refractivity contribution >= 4 is 51.2 Å². The Bertz CT molecular complexity index is 563. The fourth-order valence-electron chi connectivity index (χ4n) is 1.21. The predicted molar refractivity (Wildman–Crippen MR) is 80.8 cm³/mol. The van der Waals surface area contributed by atoms with Crippen LogP contribution in [0, 0.1) is 7.27 Å². The lowest BCUT2D eigenvalue weighted by Gasteiger charge is -2.05. The van der Waals surface area contributed by atoms with E-state index in [4.69, 9.17) is 4.74 Å². The van der Waals surface area contributed by atoms with Crippen molar-refractivity contribution in [3.05, 3.63) is 48.9 Å². The number of esters is 1. The number of carbonyl (C=O) groups excluding carboxylic acids is 1. The minimum absolute atomic E-state index is 0.200. The van der Waals surface area contributed by atoms with Crippen LogP contribution < -0.4 is 0 Å². The first-order valence-electron chi connectivity index (χ1n) is 4.94. The van der Waals surface area contributed by atoms with E-state index in [0.29, 0.717) is 7.27 Å². The smallest absolute Gasteiger partial charge is 0.360 e. The summed E-state index contributed by atoms with van der Waals surface area (Å²) >= 11 is 4.00. The molecule has 0 fully saturated rings. The van der Waals surface area contributed by atoms with Crippen LogP contribution in [-0.2, 0) is 11.3 Å². The molecule has 0 saturated heterocycles. The molecule has 0 radical (unpaired) electrons. The lowest BCUT2D eigenvalue weighted by molar-refractivity contribution is 0.0462. The number of benzene rings is 1. The fourth-order valence-corrected chi connectivity index (χ4v) is 2.00. The highest BCUT2D eigenvalue weighted by atomic mass is 127. The number of nitrogens with zero attached hydrogens (tertiary/aromatic N) is 3. The molecule has 0 unspecified atom stereocenters. The highest BCUT2D eigenvalue weighted by Gasteiger charge is 2.17. The van der Waals surface area contributed by atoms with E-state index in [0.717, 1.165) is 5.56 Å². The van der Waals surface area contributed by atoms with Gasteiger partial charge in [0.25, 0.3) is 0 Å². The summed E-state index contributed by atoms with van der Waals surface area (Å²) in [6, 6.07) is 9.47. The van der Waals surface area contributed by atoms with E-state index in [1.165, 1.54) is 0 Å². The summed E-state index contributed by atoms with van der Waals surface area (Å²) in [6.45, 7) is 0.219. The lowest BCUT2D eigenvalue weighted by atomic mass is 10.2. The van der Waals surface area contributed by atoms with E-state index < -0.39 is 5.97 Å². The van der Waals surface area contributed by atoms with E-state index in [9.17, 15) is 4.79 Å². The van der Waals surface area contributed by atoms with E-state index in [2.05, 4.69) is 15.4 Å². The normalized spacial score (nSPS) is 10.1. The van der Waals surface area contributed by atoms with Crippen molar-refractivity contribution in [3.63, 3.8) is 0 Å². The molecule has 1 aromatic carbocycles. The summed E-state index contributed by atoms with van der Waals surface area (Å²) in [5.41, 5.74) is 1.13. The molecular formula is C11H7I2N3O2. The number of halogens is 2. The molecule has 18 heavy (non-hydrogen) atoms. The Morgan fingerprint density at radius 1 is 1.17 bits per heavy atom.